The number of benzene rings is 3. The lowest BCUT2D eigenvalue weighted by atomic mass is 9.85. The minimum absolute atomic E-state index is 0.190. The summed E-state index contributed by atoms with van der Waals surface area (Å²) < 4.78 is 0. The summed E-state index contributed by atoms with van der Waals surface area (Å²) in [5, 5.41) is 26.0. The Morgan fingerprint density at radius 1 is 0.562 bits per heavy atom. The highest BCUT2D eigenvalue weighted by molar-refractivity contribution is 7.80. The lowest BCUT2D eigenvalue weighted by Crippen LogP contribution is -2.26. The number of phenols is 2. The normalized spacial score (nSPS) is 12.4. The molecule has 0 aliphatic rings. The fourth-order valence-corrected chi connectivity index (χ4v) is 6.70. The molecule has 3 heteroatoms. The van der Waals surface area contributed by atoms with Gasteiger partial charge in [0.15, 0.2) is 0 Å². The van der Waals surface area contributed by atoms with Crippen molar-refractivity contribution in [3.63, 3.8) is 0 Å². The Morgan fingerprint density at radius 2 is 0.938 bits per heavy atom. The molecule has 0 heterocycles. The minimum Gasteiger partial charge on any atom is -0.507 e. The number of phenolic OH excluding ortho intramolecular Hbond substituents is 2. The molecule has 0 unspecified atom stereocenters. The van der Waals surface area contributed by atoms with Crippen molar-refractivity contribution in [2.45, 2.75) is 73.1 Å². The van der Waals surface area contributed by atoms with Crippen LogP contribution >= 0.6 is 7.92 Å². The second-order valence-corrected chi connectivity index (χ2v) is 13.2. The van der Waals surface area contributed by atoms with Gasteiger partial charge in [-0.25, -0.2) is 0 Å². The molecule has 0 saturated carbocycles. The molecule has 0 aliphatic heterocycles. The van der Waals surface area contributed by atoms with Gasteiger partial charge in [0.1, 0.15) is 11.5 Å². The van der Waals surface area contributed by atoms with Gasteiger partial charge in [0.2, 0.25) is 0 Å². The smallest absolute Gasteiger partial charge is 0.127 e. The van der Waals surface area contributed by atoms with Crippen molar-refractivity contribution in [3.05, 3.63) is 76.3 Å². The molecule has 3 rings (SSSR count). The minimum atomic E-state index is -1.16. The SMILES string of the molecule is Cc1ccc(P(c2cc(C)cc(C(C)(C)C)c2O)c2cc(C)cc(C(C)(C)C)c2O)cc1. The maximum absolute atomic E-state index is 11.5. The van der Waals surface area contributed by atoms with Gasteiger partial charge in [0.25, 0.3) is 0 Å². The van der Waals surface area contributed by atoms with Crippen molar-refractivity contribution >= 4 is 23.8 Å². The van der Waals surface area contributed by atoms with Crippen molar-refractivity contribution in [1.29, 1.82) is 0 Å². The second-order valence-electron chi connectivity index (χ2n) is 11.0. The van der Waals surface area contributed by atoms with Crippen LogP contribution in [0.3, 0.4) is 0 Å². The molecule has 0 aromatic heterocycles. The number of rotatable bonds is 3. The van der Waals surface area contributed by atoms with Gasteiger partial charge in [-0.2, -0.15) is 0 Å². The lowest BCUT2D eigenvalue weighted by molar-refractivity contribution is 0.450. The molecular weight excluding hydrogens is 411 g/mol. The van der Waals surface area contributed by atoms with Crippen LogP contribution in [0.5, 0.6) is 11.5 Å². The number of aromatic hydroxyl groups is 2. The van der Waals surface area contributed by atoms with Crippen LogP contribution in [0, 0.1) is 20.8 Å². The fraction of sp³-hybridized carbons (Fsp3) is 0.379. The fourth-order valence-electron chi connectivity index (χ4n) is 4.11. The predicted molar refractivity (Wildman–Crippen MR) is 140 cm³/mol. The molecule has 0 bridgehead atoms. The first-order valence-corrected chi connectivity index (χ1v) is 12.6. The monoisotopic (exact) mass is 448 g/mol. The zero-order chi connectivity index (χ0) is 24.0. The van der Waals surface area contributed by atoms with E-state index in [1.54, 1.807) is 0 Å². The third-order valence-electron chi connectivity index (χ3n) is 5.86. The van der Waals surface area contributed by atoms with Crippen LogP contribution in [0.25, 0.3) is 0 Å². The molecule has 0 atom stereocenters. The zero-order valence-corrected chi connectivity index (χ0v) is 21.9. The second kappa shape index (κ2) is 8.56. The van der Waals surface area contributed by atoms with E-state index in [1.807, 2.05) is 0 Å². The van der Waals surface area contributed by atoms with Crippen molar-refractivity contribution < 1.29 is 10.2 Å². The molecule has 3 aromatic carbocycles. The summed E-state index contributed by atoms with van der Waals surface area (Å²) in [6.07, 6.45) is 0. The quantitative estimate of drug-likeness (QED) is 0.457. The molecule has 2 N–H and O–H groups in total. The number of hydrogen-bond acceptors (Lipinski definition) is 2. The molecule has 0 radical (unpaired) electrons. The highest BCUT2D eigenvalue weighted by Crippen LogP contribution is 2.45. The van der Waals surface area contributed by atoms with E-state index in [2.05, 4.69) is 111 Å². The van der Waals surface area contributed by atoms with Gasteiger partial charge in [-0.05, 0) is 68.1 Å². The molecule has 0 aliphatic carbocycles. The third-order valence-corrected chi connectivity index (χ3v) is 8.32. The Labute approximate surface area is 195 Å². The van der Waals surface area contributed by atoms with Crippen molar-refractivity contribution in [2.24, 2.45) is 0 Å². The Balaban J connectivity index is 2.41. The molecule has 0 amide bonds. The topological polar surface area (TPSA) is 40.5 Å². The molecule has 0 fully saturated rings. The molecule has 0 saturated heterocycles. The average molecular weight is 449 g/mol. The van der Waals surface area contributed by atoms with Gasteiger partial charge in [-0.15, -0.1) is 0 Å². The van der Waals surface area contributed by atoms with Crippen LogP contribution in [0.15, 0.2) is 48.5 Å². The van der Waals surface area contributed by atoms with Gasteiger partial charge in [-0.1, -0.05) is 83.5 Å². The summed E-state index contributed by atoms with van der Waals surface area (Å²) in [5.74, 6) is 0.681. The van der Waals surface area contributed by atoms with Gasteiger partial charge >= 0.3 is 0 Å². The molecule has 0 spiro atoms. The van der Waals surface area contributed by atoms with E-state index in [0.717, 1.165) is 38.2 Å². The summed E-state index contributed by atoms with van der Waals surface area (Å²) in [4.78, 5) is 0. The summed E-state index contributed by atoms with van der Waals surface area (Å²) >= 11 is 0. The zero-order valence-electron chi connectivity index (χ0n) is 21.0. The van der Waals surface area contributed by atoms with E-state index in [4.69, 9.17) is 0 Å². The van der Waals surface area contributed by atoms with E-state index < -0.39 is 7.92 Å². The number of aryl methyl sites for hydroxylation is 3. The van der Waals surface area contributed by atoms with Crippen LogP contribution in [0.1, 0.15) is 69.4 Å². The van der Waals surface area contributed by atoms with Crippen LogP contribution in [0.2, 0.25) is 0 Å². The first-order valence-electron chi connectivity index (χ1n) is 11.2. The summed E-state index contributed by atoms with van der Waals surface area (Å²) in [6.45, 7) is 19.0. The van der Waals surface area contributed by atoms with Crippen LogP contribution in [-0.2, 0) is 10.8 Å². The standard InChI is InChI=1S/C29H37O2P/c1-18-10-12-21(13-11-18)32(24-16-19(2)14-22(26(24)30)28(4,5)6)25-17-20(3)15-23(27(25)31)29(7,8)9/h10-17,30-31H,1-9H3. The molecule has 3 aromatic rings. The first kappa shape index (κ1) is 24.3. The van der Waals surface area contributed by atoms with Gasteiger partial charge in [0, 0.05) is 21.7 Å². The van der Waals surface area contributed by atoms with Crippen LogP contribution in [-0.4, -0.2) is 10.2 Å². The lowest BCUT2D eigenvalue weighted by Gasteiger charge is -2.29. The summed E-state index contributed by atoms with van der Waals surface area (Å²) in [7, 11) is -1.16. The highest BCUT2D eigenvalue weighted by Gasteiger charge is 2.30. The Hall–Kier alpha value is -2.31. The van der Waals surface area contributed by atoms with Gasteiger partial charge in [-0.3, -0.25) is 0 Å². The largest absolute Gasteiger partial charge is 0.507 e. The molecular formula is C29H37O2P. The van der Waals surface area contributed by atoms with E-state index in [0.29, 0.717) is 11.5 Å². The first-order chi connectivity index (χ1) is 14.7. The Kier molecular flexibility index (Phi) is 6.51. The maximum atomic E-state index is 11.5. The van der Waals surface area contributed by atoms with Crippen LogP contribution < -0.4 is 15.9 Å². The maximum Gasteiger partial charge on any atom is 0.127 e. The van der Waals surface area contributed by atoms with Gasteiger partial charge < -0.3 is 10.2 Å². The van der Waals surface area contributed by atoms with Crippen molar-refractivity contribution in [1.82, 2.24) is 0 Å². The summed E-state index contributed by atoms with van der Waals surface area (Å²) in [6, 6.07) is 16.8. The molecule has 170 valence electrons. The Bertz CT molecular complexity index is 1060. The van der Waals surface area contributed by atoms with E-state index in [9.17, 15) is 10.2 Å². The summed E-state index contributed by atoms with van der Waals surface area (Å²) in [5.41, 5.74) is 4.92. The van der Waals surface area contributed by atoms with Crippen molar-refractivity contribution in [3.8, 4) is 11.5 Å². The van der Waals surface area contributed by atoms with E-state index >= 15 is 0 Å². The number of hydrogen-bond donors (Lipinski definition) is 2. The Morgan fingerprint density at radius 3 is 1.28 bits per heavy atom. The van der Waals surface area contributed by atoms with E-state index in [-0.39, 0.29) is 10.8 Å². The molecule has 2 nitrogen and oxygen atoms in total. The predicted octanol–water partition coefficient (Wildman–Crippen LogP) is 6.38. The molecule has 32 heavy (non-hydrogen) atoms. The van der Waals surface area contributed by atoms with Gasteiger partial charge in [0.05, 0.1) is 0 Å². The highest BCUT2D eigenvalue weighted by atomic mass is 31.1. The van der Waals surface area contributed by atoms with Crippen LogP contribution in [0.4, 0.5) is 0 Å². The van der Waals surface area contributed by atoms with E-state index in [1.165, 1.54) is 5.56 Å². The third kappa shape index (κ3) is 4.86. The average Bonchev–Trinajstić information content (AvgIpc) is 2.66. The van der Waals surface area contributed by atoms with Crippen molar-refractivity contribution in [2.75, 3.05) is 0 Å².